The van der Waals surface area contributed by atoms with E-state index in [0.717, 1.165) is 30.7 Å². The Morgan fingerprint density at radius 1 is 1.27 bits per heavy atom. The van der Waals surface area contributed by atoms with E-state index in [1.807, 2.05) is 6.92 Å². The minimum atomic E-state index is -0.390. The Morgan fingerprint density at radius 2 is 2.04 bits per heavy atom. The Balaban J connectivity index is 1.61. The van der Waals surface area contributed by atoms with Gasteiger partial charge in [-0.3, -0.25) is 9.59 Å². The van der Waals surface area contributed by atoms with Crippen molar-refractivity contribution in [1.29, 1.82) is 0 Å². The van der Waals surface area contributed by atoms with Gasteiger partial charge in [0.15, 0.2) is 5.16 Å². The van der Waals surface area contributed by atoms with Crippen molar-refractivity contribution < 1.29 is 4.79 Å². The second kappa shape index (κ2) is 7.99. The van der Waals surface area contributed by atoms with Gasteiger partial charge in [0.2, 0.25) is 5.91 Å². The number of aromatic amines is 1. The van der Waals surface area contributed by atoms with Crippen LogP contribution in [0, 0.1) is 13.8 Å². The van der Waals surface area contributed by atoms with Gasteiger partial charge in [-0.05, 0) is 52.0 Å². The first kappa shape index (κ1) is 18.6. The number of carbonyl (C=O) groups is 1. The highest BCUT2D eigenvalue weighted by Gasteiger charge is 2.18. The molecule has 1 aliphatic carbocycles. The molecule has 0 unspecified atom stereocenters. The highest BCUT2D eigenvalue weighted by molar-refractivity contribution is 8.00. The van der Waals surface area contributed by atoms with E-state index in [0.29, 0.717) is 23.2 Å². The zero-order valence-electron chi connectivity index (χ0n) is 15.3. The summed E-state index contributed by atoms with van der Waals surface area (Å²) in [5.41, 5.74) is 3.82. The fourth-order valence-electron chi connectivity index (χ4n) is 3.06. The molecule has 138 valence electrons. The van der Waals surface area contributed by atoms with Crippen LogP contribution in [0.25, 0.3) is 0 Å². The third-order valence-corrected chi connectivity index (χ3v) is 5.35. The van der Waals surface area contributed by atoms with Gasteiger partial charge in [-0.1, -0.05) is 11.8 Å². The number of rotatable bonds is 5. The van der Waals surface area contributed by atoms with Crippen LogP contribution in [0.3, 0.4) is 0 Å². The summed E-state index contributed by atoms with van der Waals surface area (Å²) in [6.07, 6.45) is 4.38. The van der Waals surface area contributed by atoms with Crippen LogP contribution in [0.1, 0.15) is 48.2 Å². The normalized spacial score (nSPS) is 14.6. The van der Waals surface area contributed by atoms with E-state index in [1.54, 1.807) is 13.8 Å². The van der Waals surface area contributed by atoms with Crippen molar-refractivity contribution in [2.75, 3.05) is 0 Å². The number of thioether (sulfide) groups is 1. The van der Waals surface area contributed by atoms with Crippen molar-refractivity contribution in [3.8, 4) is 0 Å². The van der Waals surface area contributed by atoms with E-state index >= 15 is 0 Å². The third-order valence-electron chi connectivity index (χ3n) is 4.36. The number of H-pyrrole nitrogens is 1. The summed E-state index contributed by atoms with van der Waals surface area (Å²) in [6, 6.07) is 1.42. The topological polar surface area (TPSA) is 101 Å². The van der Waals surface area contributed by atoms with E-state index in [1.165, 1.54) is 29.8 Å². The predicted octanol–water partition coefficient (Wildman–Crippen LogP) is 1.85. The Labute approximate surface area is 156 Å². The molecule has 0 spiro atoms. The van der Waals surface area contributed by atoms with Crippen molar-refractivity contribution in [2.24, 2.45) is 0 Å². The van der Waals surface area contributed by atoms with Crippen molar-refractivity contribution in [3.63, 3.8) is 0 Å². The van der Waals surface area contributed by atoms with Crippen LogP contribution in [0.2, 0.25) is 0 Å². The number of aromatic nitrogens is 4. The first-order chi connectivity index (χ1) is 12.4. The fraction of sp³-hybridized carbons (Fsp3) is 0.500. The quantitative estimate of drug-likeness (QED) is 0.613. The van der Waals surface area contributed by atoms with Crippen LogP contribution in [0.4, 0.5) is 0 Å². The predicted molar refractivity (Wildman–Crippen MR) is 100 cm³/mol. The van der Waals surface area contributed by atoms with Crippen LogP contribution in [-0.2, 0) is 24.2 Å². The second-order valence-electron chi connectivity index (χ2n) is 6.53. The summed E-state index contributed by atoms with van der Waals surface area (Å²) >= 11 is 1.22. The summed E-state index contributed by atoms with van der Waals surface area (Å²) in [5, 5.41) is 2.93. The number of hydrogen-bond donors (Lipinski definition) is 2. The van der Waals surface area contributed by atoms with Gasteiger partial charge >= 0.3 is 0 Å². The standard InChI is InChI=1S/C18H23N5O2S/c1-10-8-16(24)23-18(20-10)26-12(3)17(25)19-9-15-21-11(2)13-6-4-5-7-14(13)22-15/h8,12H,4-7,9H2,1-3H3,(H,19,25)(H,20,23,24)/t12-/m0/s1. The van der Waals surface area contributed by atoms with Gasteiger partial charge in [-0.25, -0.2) is 15.0 Å². The number of fused-ring (bicyclic) bond motifs is 1. The summed E-state index contributed by atoms with van der Waals surface area (Å²) in [6.45, 7) is 5.84. The van der Waals surface area contributed by atoms with E-state index in [2.05, 4.69) is 25.3 Å². The van der Waals surface area contributed by atoms with E-state index in [9.17, 15) is 9.59 Å². The molecule has 7 nitrogen and oxygen atoms in total. The molecule has 26 heavy (non-hydrogen) atoms. The van der Waals surface area contributed by atoms with Gasteiger partial charge < -0.3 is 10.3 Å². The molecule has 8 heteroatoms. The molecule has 0 aliphatic heterocycles. The van der Waals surface area contributed by atoms with Gasteiger partial charge in [0.05, 0.1) is 11.8 Å². The maximum atomic E-state index is 12.4. The summed E-state index contributed by atoms with van der Waals surface area (Å²) in [4.78, 5) is 39.9. The number of amides is 1. The van der Waals surface area contributed by atoms with Crippen molar-refractivity contribution >= 4 is 17.7 Å². The second-order valence-corrected chi connectivity index (χ2v) is 7.86. The Bertz CT molecular complexity index is 880. The van der Waals surface area contributed by atoms with Crippen molar-refractivity contribution in [1.82, 2.24) is 25.3 Å². The SMILES string of the molecule is Cc1cc(=O)[nH]c(S[C@@H](C)C(=O)NCc2nc(C)c3c(n2)CCCC3)n1. The summed E-state index contributed by atoms with van der Waals surface area (Å²) in [5.74, 6) is 0.508. The molecule has 0 saturated heterocycles. The number of nitrogens with zero attached hydrogens (tertiary/aromatic N) is 3. The first-order valence-corrected chi connectivity index (χ1v) is 9.68. The highest BCUT2D eigenvalue weighted by atomic mass is 32.2. The van der Waals surface area contributed by atoms with Gasteiger partial charge in [-0.15, -0.1) is 0 Å². The van der Waals surface area contributed by atoms with Crippen LogP contribution in [-0.4, -0.2) is 31.1 Å². The lowest BCUT2D eigenvalue weighted by Crippen LogP contribution is -2.31. The lowest BCUT2D eigenvalue weighted by atomic mass is 9.95. The third kappa shape index (κ3) is 4.49. The minimum Gasteiger partial charge on any atom is -0.348 e. The molecule has 3 rings (SSSR count). The lowest BCUT2D eigenvalue weighted by Gasteiger charge is -2.18. The molecule has 1 atom stereocenters. The van der Waals surface area contributed by atoms with Gasteiger partial charge in [0.25, 0.3) is 5.56 Å². The number of hydrogen-bond acceptors (Lipinski definition) is 6. The molecular formula is C18H23N5O2S. The maximum Gasteiger partial charge on any atom is 0.251 e. The van der Waals surface area contributed by atoms with Crippen LogP contribution >= 0.6 is 11.8 Å². The molecule has 0 aromatic carbocycles. The molecule has 2 aromatic heterocycles. The zero-order valence-corrected chi connectivity index (χ0v) is 16.1. The van der Waals surface area contributed by atoms with E-state index in [4.69, 9.17) is 0 Å². The molecular weight excluding hydrogens is 350 g/mol. The van der Waals surface area contributed by atoms with Gasteiger partial charge in [0, 0.05) is 23.1 Å². The molecule has 2 N–H and O–H groups in total. The average Bonchev–Trinajstić information content (AvgIpc) is 2.58. The molecule has 1 amide bonds. The summed E-state index contributed by atoms with van der Waals surface area (Å²) < 4.78 is 0. The Morgan fingerprint density at radius 3 is 2.81 bits per heavy atom. The minimum absolute atomic E-state index is 0.141. The molecule has 2 heterocycles. The molecule has 0 radical (unpaired) electrons. The zero-order chi connectivity index (χ0) is 18.7. The summed E-state index contributed by atoms with van der Waals surface area (Å²) in [7, 11) is 0. The van der Waals surface area contributed by atoms with Crippen molar-refractivity contribution in [3.05, 3.63) is 44.9 Å². The molecule has 1 aliphatic rings. The van der Waals surface area contributed by atoms with Gasteiger partial charge in [0.1, 0.15) is 5.82 Å². The van der Waals surface area contributed by atoms with Crippen LogP contribution < -0.4 is 10.9 Å². The van der Waals surface area contributed by atoms with Crippen LogP contribution in [0.15, 0.2) is 16.0 Å². The number of aryl methyl sites for hydroxylation is 3. The molecule has 0 bridgehead atoms. The van der Waals surface area contributed by atoms with E-state index in [-0.39, 0.29) is 11.5 Å². The monoisotopic (exact) mass is 373 g/mol. The van der Waals surface area contributed by atoms with Crippen molar-refractivity contribution in [2.45, 2.75) is 63.4 Å². The average molecular weight is 373 g/mol. The smallest absolute Gasteiger partial charge is 0.251 e. The highest BCUT2D eigenvalue weighted by Crippen LogP contribution is 2.22. The molecule has 2 aromatic rings. The number of carbonyl (C=O) groups excluding carboxylic acids is 1. The first-order valence-electron chi connectivity index (χ1n) is 8.80. The van der Waals surface area contributed by atoms with Crippen LogP contribution in [0.5, 0.6) is 0 Å². The lowest BCUT2D eigenvalue weighted by molar-refractivity contribution is -0.120. The fourth-order valence-corrected chi connectivity index (χ4v) is 3.94. The largest absolute Gasteiger partial charge is 0.348 e. The molecule has 0 fully saturated rings. The van der Waals surface area contributed by atoms with E-state index < -0.39 is 5.25 Å². The van der Waals surface area contributed by atoms with Gasteiger partial charge in [-0.2, -0.15) is 0 Å². The Kier molecular flexibility index (Phi) is 5.70. The number of nitrogens with one attached hydrogen (secondary N) is 2. The molecule has 0 saturated carbocycles. The Hall–Kier alpha value is -2.22. The maximum absolute atomic E-state index is 12.4.